The summed E-state index contributed by atoms with van der Waals surface area (Å²) in [5, 5.41) is 107. The van der Waals surface area contributed by atoms with Gasteiger partial charge in [0.15, 0.2) is 18.7 Å². The third-order valence-electron chi connectivity index (χ3n) is 19.7. The number of carbonyl (C=O) groups excluding carboxylic acids is 3. The van der Waals surface area contributed by atoms with Crippen molar-refractivity contribution in [2.24, 2.45) is 50.2 Å². The number of carbonyl (C=O) groups is 3. The number of allylic oxidation sites excluding steroid dienone is 2. The van der Waals surface area contributed by atoms with Gasteiger partial charge in [0.1, 0.15) is 61.0 Å². The van der Waals surface area contributed by atoms with Crippen molar-refractivity contribution in [3.8, 4) is 0 Å². The Morgan fingerprint density at radius 3 is 2.01 bits per heavy atom. The van der Waals surface area contributed by atoms with Crippen LogP contribution in [0.25, 0.3) is 0 Å². The largest absolute Gasteiger partial charge is 0.469 e. The first-order chi connectivity index (χ1) is 32.9. The molecule has 4 saturated carbocycles. The van der Waals surface area contributed by atoms with E-state index in [9.17, 15) is 65.4 Å². The Kier molecular flexibility index (Phi) is 14.9. The average molecular weight is 1000 g/mol. The van der Waals surface area contributed by atoms with Crippen molar-refractivity contribution in [2.45, 2.75) is 191 Å². The van der Waals surface area contributed by atoms with Crippen LogP contribution in [0, 0.1) is 50.2 Å². The summed E-state index contributed by atoms with van der Waals surface area (Å²) in [6.07, 6.45) is -16.6. The molecule has 0 aromatic heterocycles. The lowest BCUT2D eigenvalue weighted by atomic mass is 9.33. The van der Waals surface area contributed by atoms with Gasteiger partial charge in [-0.2, -0.15) is 0 Å². The molecule has 3 heterocycles. The number of methoxy groups -OCH3 is 2. The molecule has 0 aromatic carbocycles. The molecule has 0 amide bonds. The summed E-state index contributed by atoms with van der Waals surface area (Å²) in [6, 6.07) is 0. The molecule has 0 spiro atoms. The summed E-state index contributed by atoms with van der Waals surface area (Å²) in [4.78, 5) is 40.6. The van der Waals surface area contributed by atoms with Gasteiger partial charge in [0.05, 0.1) is 51.0 Å². The zero-order valence-electron chi connectivity index (χ0n) is 41.1. The molecule has 21 heteroatoms. The molecule has 5 aliphatic carbocycles. The predicted molar refractivity (Wildman–Crippen MR) is 237 cm³/mol. The lowest BCUT2D eigenvalue weighted by molar-refractivity contribution is -0.354. The summed E-state index contributed by atoms with van der Waals surface area (Å²) in [5.74, 6) is -2.58. The van der Waals surface area contributed by atoms with Crippen LogP contribution in [0.4, 0.5) is 0 Å². The van der Waals surface area contributed by atoms with E-state index in [0.717, 1.165) is 19.1 Å². The van der Waals surface area contributed by atoms with E-state index in [1.165, 1.54) is 7.11 Å². The van der Waals surface area contributed by atoms with E-state index in [4.69, 9.17) is 33.2 Å². The lowest BCUT2D eigenvalue weighted by Gasteiger charge is -2.71. The zero-order chi connectivity index (χ0) is 51.3. The third kappa shape index (κ3) is 8.20. The minimum atomic E-state index is -1.89. The van der Waals surface area contributed by atoms with Crippen molar-refractivity contribution in [1.29, 1.82) is 0 Å². The molecular formula is C49H76O21. The quantitative estimate of drug-likeness (QED) is 0.0548. The van der Waals surface area contributed by atoms with Gasteiger partial charge in [0, 0.05) is 5.41 Å². The number of rotatable bonds is 10. The minimum Gasteiger partial charge on any atom is -0.469 e. The fourth-order valence-electron chi connectivity index (χ4n) is 15.1. The summed E-state index contributed by atoms with van der Waals surface area (Å²) >= 11 is 0. The van der Waals surface area contributed by atoms with E-state index in [0.29, 0.717) is 51.4 Å². The molecular weight excluding hydrogens is 925 g/mol. The van der Waals surface area contributed by atoms with E-state index in [1.54, 1.807) is 0 Å². The Balaban J connectivity index is 1.04. The van der Waals surface area contributed by atoms with Crippen molar-refractivity contribution >= 4 is 17.9 Å². The fourth-order valence-corrected chi connectivity index (χ4v) is 15.1. The zero-order valence-corrected chi connectivity index (χ0v) is 41.1. The van der Waals surface area contributed by atoms with Crippen LogP contribution in [0.2, 0.25) is 0 Å². The van der Waals surface area contributed by atoms with E-state index in [-0.39, 0.29) is 48.3 Å². The van der Waals surface area contributed by atoms with Gasteiger partial charge in [0.25, 0.3) is 0 Å². The second-order valence-corrected chi connectivity index (χ2v) is 23.0. The molecule has 0 unspecified atom stereocenters. The monoisotopic (exact) mass is 1000 g/mol. The van der Waals surface area contributed by atoms with Gasteiger partial charge < -0.3 is 89.0 Å². The van der Waals surface area contributed by atoms with Crippen LogP contribution in [0.1, 0.15) is 98.8 Å². The van der Waals surface area contributed by atoms with Crippen molar-refractivity contribution < 1.29 is 103 Å². The van der Waals surface area contributed by atoms with Crippen LogP contribution in [0.5, 0.6) is 0 Å². The number of hydrogen-bond acceptors (Lipinski definition) is 21. The Labute approximate surface area is 407 Å². The smallest absolute Gasteiger partial charge is 0.337 e. The highest BCUT2D eigenvalue weighted by atomic mass is 16.7. The summed E-state index contributed by atoms with van der Waals surface area (Å²) in [6.45, 7) is 9.37. The van der Waals surface area contributed by atoms with Crippen LogP contribution >= 0.6 is 0 Å². The van der Waals surface area contributed by atoms with Gasteiger partial charge in [-0.05, 0) is 105 Å². The standard InChI is InChI=1S/C49H76O21/c1-44(42(61)64-7)14-16-49(43(62)70-40-33(57)30(54)29(53)25(19-50)66-40)17-15-47(4)22(23(49)18-44)8-9-27-45(2)12-11-28(46(3,21-51)26(45)10-13-48(27,47)5)67-39-35(59)36(24(52)20-65-39)68-41-34(58)31(55)32(56)37(69-41)38(60)63-6/h8,23-37,39-41,50-59H,9-21H2,1-7H3/t23-,24+,25+,26+,27+,28-,29+,30-,31-,32-,33+,34+,35-,36-,37-,39-,40-,41+,44-,45-,46-,47+,48+,49-/m0/s1. The van der Waals surface area contributed by atoms with Crippen molar-refractivity contribution in [3.05, 3.63) is 11.6 Å². The van der Waals surface area contributed by atoms with E-state index in [1.807, 2.05) is 13.8 Å². The highest BCUT2D eigenvalue weighted by molar-refractivity contribution is 5.81. The molecule has 21 nitrogen and oxygen atoms in total. The third-order valence-corrected chi connectivity index (χ3v) is 19.7. The number of hydrogen-bond donors (Lipinski definition) is 10. The van der Waals surface area contributed by atoms with Gasteiger partial charge in [-0.25, -0.2) is 4.79 Å². The summed E-state index contributed by atoms with van der Waals surface area (Å²) in [5.41, 5.74) is -3.06. The van der Waals surface area contributed by atoms with Gasteiger partial charge in [-0.3, -0.25) is 9.59 Å². The highest BCUT2D eigenvalue weighted by Gasteiger charge is 2.71. The first-order valence-electron chi connectivity index (χ1n) is 24.8. The maximum absolute atomic E-state index is 14.8. The molecule has 70 heavy (non-hydrogen) atoms. The highest BCUT2D eigenvalue weighted by Crippen LogP contribution is 2.76. The molecule has 0 aromatic rings. The second kappa shape index (κ2) is 19.4. The maximum Gasteiger partial charge on any atom is 0.337 e. The van der Waals surface area contributed by atoms with E-state index in [2.05, 4.69) is 31.6 Å². The SMILES string of the molecule is COC(=O)[C@H]1O[C@@H](O[C@@H]2[C@H](O)[C@H](O[C@H]3CC[C@@]4(C)[C@@H](CC[C@]5(C)[C@@H]4CC=C4[C@@H]6C[C@@](C)(C(=O)OC)CC[C@]6(C(=O)O[C@@H]6O[C@H](CO)[C@@H](O)[C@H](O)[C@H]6O)CC[C@]45C)[C@]3(C)CO)OC[C@H]2O)[C@H](O)[C@@H](O)[C@@H]1O. The van der Waals surface area contributed by atoms with Gasteiger partial charge in [0.2, 0.25) is 6.29 Å². The van der Waals surface area contributed by atoms with Crippen LogP contribution in [0.15, 0.2) is 11.6 Å². The molecule has 0 bridgehead atoms. The predicted octanol–water partition coefficient (Wildman–Crippen LogP) is -0.914. The van der Waals surface area contributed by atoms with Gasteiger partial charge in [-0.1, -0.05) is 39.3 Å². The van der Waals surface area contributed by atoms with Crippen molar-refractivity contribution in [1.82, 2.24) is 0 Å². The first-order valence-corrected chi connectivity index (χ1v) is 24.8. The molecule has 0 radical (unpaired) electrons. The Hall–Kier alpha value is -2.45. The Bertz CT molecular complexity index is 1990. The van der Waals surface area contributed by atoms with E-state index < -0.39 is 138 Å². The molecule has 3 saturated heterocycles. The van der Waals surface area contributed by atoms with Crippen molar-refractivity contribution in [3.63, 3.8) is 0 Å². The Morgan fingerprint density at radius 2 is 1.36 bits per heavy atom. The Morgan fingerprint density at radius 1 is 0.686 bits per heavy atom. The van der Waals surface area contributed by atoms with Gasteiger partial charge >= 0.3 is 17.9 Å². The maximum atomic E-state index is 14.8. The summed E-state index contributed by atoms with van der Waals surface area (Å²) < 4.78 is 45.3. The molecule has 3 aliphatic heterocycles. The van der Waals surface area contributed by atoms with Crippen LogP contribution in [-0.4, -0.2) is 195 Å². The van der Waals surface area contributed by atoms with Crippen molar-refractivity contribution in [2.75, 3.05) is 34.0 Å². The molecule has 24 atom stereocenters. The van der Waals surface area contributed by atoms with Gasteiger partial charge in [-0.15, -0.1) is 0 Å². The number of esters is 3. The number of ether oxygens (including phenoxy) is 8. The topological polar surface area (TPSA) is 327 Å². The fraction of sp³-hybridized carbons (Fsp3) is 0.898. The number of aliphatic hydroxyl groups is 10. The average Bonchev–Trinajstić information content (AvgIpc) is 3.34. The normalized spacial score (nSPS) is 52.4. The first kappa shape index (κ1) is 53.8. The molecule has 398 valence electrons. The van der Waals surface area contributed by atoms with E-state index >= 15 is 0 Å². The lowest BCUT2D eigenvalue weighted by Crippen LogP contribution is -2.67. The van der Waals surface area contributed by atoms with Crippen LogP contribution < -0.4 is 0 Å². The summed E-state index contributed by atoms with van der Waals surface area (Å²) in [7, 11) is 2.40. The molecule has 7 fully saturated rings. The minimum absolute atomic E-state index is 0.0810. The van der Waals surface area contributed by atoms with Crippen LogP contribution in [0.3, 0.4) is 0 Å². The molecule has 8 rings (SSSR count). The molecule has 8 aliphatic rings. The molecule has 10 N–H and O–H groups in total. The van der Waals surface area contributed by atoms with Crippen LogP contribution in [-0.2, 0) is 52.3 Å². The number of fused-ring (bicyclic) bond motifs is 7. The second-order valence-electron chi connectivity index (χ2n) is 23.0. The number of aliphatic hydroxyl groups excluding tert-OH is 10.